The van der Waals surface area contributed by atoms with E-state index in [2.05, 4.69) is 43.8 Å². The van der Waals surface area contributed by atoms with Gasteiger partial charge in [0, 0.05) is 36.7 Å². The first kappa shape index (κ1) is 16.5. The minimum Gasteiger partial charge on any atom is -0.356 e. The summed E-state index contributed by atoms with van der Waals surface area (Å²) in [5.74, 6) is 0.703. The largest absolute Gasteiger partial charge is 0.356 e. The Morgan fingerprint density at radius 3 is 2.45 bits per heavy atom. The second kappa shape index (κ2) is 9.36. The van der Waals surface area contributed by atoms with Crippen molar-refractivity contribution in [1.82, 2.24) is 10.6 Å². The van der Waals surface area contributed by atoms with Crippen LogP contribution in [0.25, 0.3) is 0 Å². The van der Waals surface area contributed by atoms with E-state index in [1.54, 1.807) is 7.05 Å². The van der Waals surface area contributed by atoms with Crippen molar-refractivity contribution in [3.05, 3.63) is 28.7 Å². The molecule has 6 heteroatoms. The van der Waals surface area contributed by atoms with Crippen molar-refractivity contribution < 1.29 is 4.79 Å². The molecular formula is C14H21BrN4O. The molecule has 0 fully saturated rings. The quantitative estimate of drug-likeness (QED) is 0.550. The molecule has 0 aliphatic carbocycles. The molecular weight excluding hydrogens is 320 g/mol. The van der Waals surface area contributed by atoms with Crippen LogP contribution in [0.3, 0.4) is 0 Å². The van der Waals surface area contributed by atoms with Crippen molar-refractivity contribution >= 4 is 33.5 Å². The Bertz CT molecular complexity index is 445. The third-order valence-electron chi connectivity index (χ3n) is 2.54. The minimum absolute atomic E-state index is 0.0224. The molecule has 1 rings (SSSR count). The van der Waals surface area contributed by atoms with Crippen LogP contribution in [0.2, 0.25) is 0 Å². The molecule has 1 aromatic rings. The van der Waals surface area contributed by atoms with Gasteiger partial charge in [-0.1, -0.05) is 22.9 Å². The smallest absolute Gasteiger partial charge is 0.226 e. The van der Waals surface area contributed by atoms with Gasteiger partial charge in [-0.05, 0) is 30.7 Å². The SMILES string of the molecule is CCCNC(=NC)NCCC(=O)Nc1ccc(Br)cc1. The maximum absolute atomic E-state index is 11.8. The van der Waals surface area contributed by atoms with E-state index < -0.39 is 0 Å². The molecule has 0 aromatic heterocycles. The molecule has 0 aliphatic rings. The number of amides is 1. The van der Waals surface area contributed by atoms with Crippen molar-refractivity contribution in [2.24, 2.45) is 4.99 Å². The number of aliphatic imine (C=N–C) groups is 1. The van der Waals surface area contributed by atoms with Crippen LogP contribution in [0.4, 0.5) is 5.69 Å². The van der Waals surface area contributed by atoms with E-state index in [1.165, 1.54) is 0 Å². The molecule has 0 heterocycles. The second-order valence-electron chi connectivity index (χ2n) is 4.23. The fraction of sp³-hybridized carbons (Fsp3) is 0.429. The monoisotopic (exact) mass is 340 g/mol. The van der Waals surface area contributed by atoms with Crippen molar-refractivity contribution in [3.63, 3.8) is 0 Å². The number of nitrogens with one attached hydrogen (secondary N) is 3. The van der Waals surface area contributed by atoms with Gasteiger partial charge < -0.3 is 16.0 Å². The molecule has 0 saturated heterocycles. The van der Waals surface area contributed by atoms with Crippen molar-refractivity contribution in [2.75, 3.05) is 25.5 Å². The van der Waals surface area contributed by atoms with Gasteiger partial charge in [0.15, 0.2) is 5.96 Å². The Morgan fingerprint density at radius 1 is 1.20 bits per heavy atom. The van der Waals surface area contributed by atoms with Gasteiger partial charge >= 0.3 is 0 Å². The summed E-state index contributed by atoms with van der Waals surface area (Å²) in [6.45, 7) is 3.50. The predicted octanol–water partition coefficient (Wildman–Crippen LogP) is 2.35. The molecule has 1 aromatic carbocycles. The molecule has 0 bridgehead atoms. The van der Waals surface area contributed by atoms with Crippen molar-refractivity contribution in [2.45, 2.75) is 19.8 Å². The lowest BCUT2D eigenvalue weighted by atomic mass is 10.3. The van der Waals surface area contributed by atoms with E-state index in [9.17, 15) is 4.79 Å². The number of guanidine groups is 1. The number of hydrogen-bond acceptors (Lipinski definition) is 2. The standard InChI is InChI=1S/C14H21BrN4O/c1-3-9-17-14(16-2)18-10-8-13(20)19-12-6-4-11(15)5-7-12/h4-7H,3,8-10H2,1-2H3,(H,19,20)(H2,16,17,18). The first-order valence-corrected chi connectivity index (χ1v) is 7.45. The van der Waals surface area contributed by atoms with E-state index in [1.807, 2.05) is 24.3 Å². The Morgan fingerprint density at radius 2 is 1.85 bits per heavy atom. The summed E-state index contributed by atoms with van der Waals surface area (Å²) < 4.78 is 0.989. The molecule has 110 valence electrons. The van der Waals surface area contributed by atoms with Crippen LogP contribution in [0.5, 0.6) is 0 Å². The highest BCUT2D eigenvalue weighted by molar-refractivity contribution is 9.10. The number of carbonyl (C=O) groups is 1. The Hall–Kier alpha value is -1.56. The van der Waals surface area contributed by atoms with Gasteiger partial charge in [-0.3, -0.25) is 9.79 Å². The highest BCUT2D eigenvalue weighted by Gasteiger charge is 2.03. The van der Waals surface area contributed by atoms with Crippen LogP contribution in [0.1, 0.15) is 19.8 Å². The highest BCUT2D eigenvalue weighted by Crippen LogP contribution is 2.14. The zero-order valence-electron chi connectivity index (χ0n) is 11.9. The molecule has 0 aliphatic heterocycles. The lowest BCUT2D eigenvalue weighted by molar-refractivity contribution is -0.116. The third-order valence-corrected chi connectivity index (χ3v) is 3.07. The van der Waals surface area contributed by atoms with Gasteiger partial charge in [-0.15, -0.1) is 0 Å². The van der Waals surface area contributed by atoms with Crippen molar-refractivity contribution in [3.8, 4) is 0 Å². The molecule has 20 heavy (non-hydrogen) atoms. The van der Waals surface area contributed by atoms with E-state index >= 15 is 0 Å². The second-order valence-corrected chi connectivity index (χ2v) is 5.15. The number of nitrogens with zero attached hydrogens (tertiary/aromatic N) is 1. The van der Waals surface area contributed by atoms with E-state index in [-0.39, 0.29) is 5.91 Å². The predicted molar refractivity (Wildman–Crippen MR) is 87.0 cm³/mol. The number of anilines is 1. The summed E-state index contributed by atoms with van der Waals surface area (Å²) in [6, 6.07) is 7.50. The van der Waals surface area contributed by atoms with Crippen LogP contribution in [-0.2, 0) is 4.79 Å². The van der Waals surface area contributed by atoms with E-state index in [4.69, 9.17) is 0 Å². The topological polar surface area (TPSA) is 65.5 Å². The van der Waals surface area contributed by atoms with Gasteiger partial charge in [0.1, 0.15) is 0 Å². The third kappa shape index (κ3) is 6.56. The number of rotatable bonds is 6. The number of halogens is 1. The summed E-state index contributed by atoms with van der Waals surface area (Å²) in [5.41, 5.74) is 0.798. The molecule has 0 saturated carbocycles. The molecule has 3 N–H and O–H groups in total. The fourth-order valence-electron chi connectivity index (χ4n) is 1.52. The van der Waals surface area contributed by atoms with E-state index in [0.29, 0.717) is 13.0 Å². The van der Waals surface area contributed by atoms with Crippen LogP contribution >= 0.6 is 15.9 Å². The zero-order chi connectivity index (χ0) is 14.8. The van der Waals surface area contributed by atoms with Crippen LogP contribution in [-0.4, -0.2) is 32.0 Å². The Kier molecular flexibility index (Phi) is 7.72. The summed E-state index contributed by atoms with van der Waals surface area (Å²) in [5, 5.41) is 9.10. The molecule has 0 unspecified atom stereocenters. The van der Waals surface area contributed by atoms with Gasteiger partial charge in [-0.25, -0.2) is 0 Å². The summed E-state index contributed by atoms with van der Waals surface area (Å²) >= 11 is 3.36. The molecule has 5 nitrogen and oxygen atoms in total. The van der Waals surface area contributed by atoms with Gasteiger partial charge in [0.2, 0.25) is 5.91 Å². The average molecular weight is 341 g/mol. The summed E-state index contributed by atoms with van der Waals surface area (Å²) in [6.07, 6.45) is 1.42. The van der Waals surface area contributed by atoms with Gasteiger partial charge in [0.05, 0.1) is 0 Å². The molecule has 0 atom stereocenters. The van der Waals surface area contributed by atoms with Crippen LogP contribution in [0.15, 0.2) is 33.7 Å². The molecule has 1 amide bonds. The summed E-state index contributed by atoms with van der Waals surface area (Å²) in [4.78, 5) is 15.8. The summed E-state index contributed by atoms with van der Waals surface area (Å²) in [7, 11) is 1.72. The number of hydrogen-bond donors (Lipinski definition) is 3. The van der Waals surface area contributed by atoms with Crippen molar-refractivity contribution in [1.29, 1.82) is 0 Å². The first-order valence-electron chi connectivity index (χ1n) is 6.65. The van der Waals surface area contributed by atoms with E-state index in [0.717, 1.165) is 29.1 Å². The number of carbonyl (C=O) groups excluding carboxylic acids is 1. The number of benzene rings is 1. The lowest BCUT2D eigenvalue weighted by Gasteiger charge is -2.11. The Labute approximate surface area is 128 Å². The normalized spacial score (nSPS) is 11.1. The zero-order valence-corrected chi connectivity index (χ0v) is 13.5. The first-order chi connectivity index (χ1) is 9.65. The Balaban J connectivity index is 2.27. The molecule has 0 radical (unpaired) electrons. The lowest BCUT2D eigenvalue weighted by Crippen LogP contribution is -2.38. The average Bonchev–Trinajstić information content (AvgIpc) is 2.45. The maximum Gasteiger partial charge on any atom is 0.226 e. The van der Waals surface area contributed by atoms with Crippen LogP contribution in [0, 0.1) is 0 Å². The maximum atomic E-state index is 11.8. The molecule has 0 spiro atoms. The fourth-order valence-corrected chi connectivity index (χ4v) is 1.78. The van der Waals surface area contributed by atoms with Gasteiger partial charge in [0.25, 0.3) is 0 Å². The van der Waals surface area contributed by atoms with Gasteiger partial charge in [-0.2, -0.15) is 0 Å². The minimum atomic E-state index is -0.0224. The van der Waals surface area contributed by atoms with Crippen LogP contribution < -0.4 is 16.0 Å². The highest BCUT2D eigenvalue weighted by atomic mass is 79.9.